The zero-order chi connectivity index (χ0) is 14.7. The molecule has 1 aliphatic rings. The Balaban J connectivity index is 1.67. The summed E-state index contributed by atoms with van der Waals surface area (Å²) < 4.78 is 2.79. The second-order valence-electron chi connectivity index (χ2n) is 5.28. The summed E-state index contributed by atoms with van der Waals surface area (Å²) in [7, 11) is 0. The van der Waals surface area contributed by atoms with Gasteiger partial charge in [-0.1, -0.05) is 39.3 Å². The minimum Gasteiger partial charge on any atom is -0.338 e. The van der Waals surface area contributed by atoms with E-state index in [1.807, 2.05) is 35.4 Å². The molecule has 0 saturated carbocycles. The second kappa shape index (κ2) is 6.39. The van der Waals surface area contributed by atoms with E-state index >= 15 is 0 Å². The molecule has 1 aliphatic heterocycles. The third kappa shape index (κ3) is 3.32. The van der Waals surface area contributed by atoms with Crippen molar-refractivity contribution in [3.8, 4) is 0 Å². The van der Waals surface area contributed by atoms with Crippen molar-refractivity contribution in [3.05, 3.63) is 46.7 Å². The van der Waals surface area contributed by atoms with E-state index in [9.17, 15) is 4.79 Å². The topological polar surface area (TPSA) is 51.0 Å². The van der Waals surface area contributed by atoms with E-state index in [1.54, 1.807) is 10.9 Å². The number of rotatable bonds is 4. The molecule has 0 unspecified atom stereocenters. The normalized spacial score (nSPS) is 18.1. The Kier molecular flexibility index (Phi) is 4.34. The van der Waals surface area contributed by atoms with Crippen LogP contribution in [0.2, 0.25) is 0 Å². The Morgan fingerprint density at radius 1 is 1.38 bits per heavy atom. The lowest BCUT2D eigenvalue weighted by Gasteiger charge is -2.24. The number of nitrogens with zero attached hydrogens (tertiary/aromatic N) is 4. The number of hydrogen-bond donors (Lipinski definition) is 0. The number of aromatic nitrogens is 3. The highest BCUT2D eigenvalue weighted by Crippen LogP contribution is 2.22. The van der Waals surface area contributed by atoms with E-state index in [2.05, 4.69) is 26.2 Å². The van der Waals surface area contributed by atoms with Gasteiger partial charge in [0.05, 0.1) is 25.2 Å². The predicted octanol–water partition coefficient (Wildman–Crippen LogP) is 2.27. The Morgan fingerprint density at radius 3 is 3.00 bits per heavy atom. The maximum Gasteiger partial charge on any atom is 0.227 e. The Hall–Kier alpha value is -1.69. The van der Waals surface area contributed by atoms with E-state index in [1.165, 1.54) is 0 Å². The van der Waals surface area contributed by atoms with Crippen molar-refractivity contribution in [3.63, 3.8) is 0 Å². The van der Waals surface area contributed by atoms with Crippen LogP contribution in [0.3, 0.4) is 0 Å². The Labute approximate surface area is 132 Å². The zero-order valence-corrected chi connectivity index (χ0v) is 13.2. The van der Waals surface area contributed by atoms with Gasteiger partial charge < -0.3 is 4.90 Å². The SMILES string of the molecule is O=C(Cc1ccccc1Br)N1CCC[C@H]1Cn1ccnn1. The first kappa shape index (κ1) is 14.3. The minimum absolute atomic E-state index is 0.185. The van der Waals surface area contributed by atoms with Gasteiger partial charge >= 0.3 is 0 Å². The lowest BCUT2D eigenvalue weighted by molar-refractivity contribution is -0.131. The minimum atomic E-state index is 0.185. The summed E-state index contributed by atoms with van der Waals surface area (Å²) in [4.78, 5) is 14.6. The number of benzene rings is 1. The quantitative estimate of drug-likeness (QED) is 0.851. The van der Waals surface area contributed by atoms with Gasteiger partial charge in [-0.15, -0.1) is 5.10 Å². The van der Waals surface area contributed by atoms with Crippen LogP contribution in [0.15, 0.2) is 41.1 Å². The summed E-state index contributed by atoms with van der Waals surface area (Å²) in [6.45, 7) is 1.56. The third-order valence-corrected chi connectivity index (χ3v) is 4.64. The van der Waals surface area contributed by atoms with E-state index < -0.39 is 0 Å². The van der Waals surface area contributed by atoms with E-state index in [0.29, 0.717) is 6.42 Å². The van der Waals surface area contributed by atoms with Gasteiger partial charge in [-0.2, -0.15) is 0 Å². The van der Waals surface area contributed by atoms with E-state index in [4.69, 9.17) is 0 Å². The summed E-state index contributed by atoms with van der Waals surface area (Å²) in [5.41, 5.74) is 1.04. The zero-order valence-electron chi connectivity index (χ0n) is 11.7. The Bertz CT molecular complexity index is 614. The van der Waals surface area contributed by atoms with Crippen molar-refractivity contribution in [1.29, 1.82) is 0 Å². The molecule has 2 aromatic rings. The molecule has 1 aromatic heterocycles. The molecular formula is C15H17BrN4O. The lowest BCUT2D eigenvalue weighted by atomic mass is 10.1. The van der Waals surface area contributed by atoms with Crippen LogP contribution in [0.1, 0.15) is 18.4 Å². The average Bonchev–Trinajstić information content (AvgIpc) is 3.13. The number of amides is 1. The third-order valence-electron chi connectivity index (χ3n) is 3.87. The molecule has 1 atom stereocenters. The summed E-state index contributed by atoms with van der Waals surface area (Å²) in [6, 6.07) is 8.11. The molecule has 0 aliphatic carbocycles. The van der Waals surface area contributed by atoms with Crippen molar-refractivity contribution in [2.45, 2.75) is 31.8 Å². The second-order valence-corrected chi connectivity index (χ2v) is 6.13. The first-order valence-corrected chi connectivity index (χ1v) is 7.90. The molecular weight excluding hydrogens is 332 g/mol. The molecule has 6 heteroatoms. The van der Waals surface area contributed by atoms with Gasteiger partial charge in [-0.05, 0) is 24.5 Å². The van der Waals surface area contributed by atoms with Crippen LogP contribution in [-0.4, -0.2) is 38.4 Å². The lowest BCUT2D eigenvalue weighted by Crippen LogP contribution is -2.39. The van der Waals surface area contributed by atoms with Crippen LogP contribution in [0.25, 0.3) is 0 Å². The van der Waals surface area contributed by atoms with Crippen LogP contribution in [-0.2, 0) is 17.8 Å². The molecule has 0 spiro atoms. The van der Waals surface area contributed by atoms with Crippen molar-refractivity contribution in [2.24, 2.45) is 0 Å². The summed E-state index contributed by atoms with van der Waals surface area (Å²) >= 11 is 3.50. The van der Waals surface area contributed by atoms with Gasteiger partial charge in [0.25, 0.3) is 0 Å². The standard InChI is InChI=1S/C15H17BrN4O/c16-14-6-2-1-4-12(14)10-15(21)20-8-3-5-13(20)11-19-9-7-17-18-19/h1-2,4,6-7,9,13H,3,5,8,10-11H2/t13-/m0/s1. The van der Waals surface area contributed by atoms with Crippen molar-refractivity contribution in [1.82, 2.24) is 19.9 Å². The fourth-order valence-corrected chi connectivity index (χ4v) is 3.23. The molecule has 21 heavy (non-hydrogen) atoms. The summed E-state index contributed by atoms with van der Waals surface area (Å²) in [5, 5.41) is 7.81. The molecule has 1 saturated heterocycles. The van der Waals surface area contributed by atoms with Crippen LogP contribution >= 0.6 is 15.9 Å². The molecule has 110 valence electrons. The number of carbonyl (C=O) groups excluding carboxylic acids is 1. The highest BCUT2D eigenvalue weighted by molar-refractivity contribution is 9.10. The number of carbonyl (C=O) groups is 1. The van der Waals surface area contributed by atoms with Gasteiger partial charge in [0.1, 0.15) is 0 Å². The molecule has 0 N–H and O–H groups in total. The van der Waals surface area contributed by atoms with Crippen molar-refractivity contribution >= 4 is 21.8 Å². The molecule has 1 amide bonds. The number of halogens is 1. The van der Waals surface area contributed by atoms with Gasteiger partial charge in [0.2, 0.25) is 5.91 Å². The van der Waals surface area contributed by atoms with Gasteiger partial charge in [-0.25, -0.2) is 0 Å². The van der Waals surface area contributed by atoms with E-state index in [-0.39, 0.29) is 11.9 Å². The molecule has 0 radical (unpaired) electrons. The fraction of sp³-hybridized carbons (Fsp3) is 0.400. The van der Waals surface area contributed by atoms with E-state index in [0.717, 1.165) is 36.0 Å². The smallest absolute Gasteiger partial charge is 0.227 e. The Morgan fingerprint density at radius 2 is 2.24 bits per heavy atom. The highest BCUT2D eigenvalue weighted by atomic mass is 79.9. The monoisotopic (exact) mass is 348 g/mol. The van der Waals surface area contributed by atoms with Crippen molar-refractivity contribution < 1.29 is 4.79 Å². The summed E-state index contributed by atoms with van der Waals surface area (Å²) in [6.07, 6.45) is 6.04. The van der Waals surface area contributed by atoms with Gasteiger partial charge in [0, 0.05) is 17.2 Å². The molecule has 1 fully saturated rings. The number of hydrogen-bond acceptors (Lipinski definition) is 3. The fourth-order valence-electron chi connectivity index (χ4n) is 2.81. The average molecular weight is 349 g/mol. The van der Waals surface area contributed by atoms with Gasteiger partial charge in [0.15, 0.2) is 0 Å². The predicted molar refractivity (Wildman–Crippen MR) is 82.6 cm³/mol. The van der Waals surface area contributed by atoms with Crippen LogP contribution < -0.4 is 0 Å². The first-order chi connectivity index (χ1) is 10.2. The summed E-state index contributed by atoms with van der Waals surface area (Å²) in [5.74, 6) is 0.185. The molecule has 2 heterocycles. The molecule has 0 bridgehead atoms. The van der Waals surface area contributed by atoms with Crippen LogP contribution in [0.5, 0.6) is 0 Å². The number of likely N-dealkylation sites (tertiary alicyclic amines) is 1. The largest absolute Gasteiger partial charge is 0.338 e. The van der Waals surface area contributed by atoms with Gasteiger partial charge in [-0.3, -0.25) is 9.48 Å². The first-order valence-electron chi connectivity index (χ1n) is 7.11. The van der Waals surface area contributed by atoms with Crippen LogP contribution in [0.4, 0.5) is 0 Å². The maximum atomic E-state index is 12.6. The highest BCUT2D eigenvalue weighted by Gasteiger charge is 2.29. The molecule has 1 aromatic carbocycles. The van der Waals surface area contributed by atoms with Crippen LogP contribution in [0, 0.1) is 0 Å². The van der Waals surface area contributed by atoms with Crippen molar-refractivity contribution in [2.75, 3.05) is 6.54 Å². The molecule has 3 rings (SSSR count). The molecule has 5 nitrogen and oxygen atoms in total. The maximum absolute atomic E-state index is 12.6.